The number of rotatable bonds is 4. The molecule has 2 aromatic rings. The molecular weight excluding hydrogens is 210 g/mol. The first-order valence-electron chi connectivity index (χ1n) is 5.81. The molecule has 0 aliphatic carbocycles. The van der Waals surface area contributed by atoms with Crippen molar-refractivity contribution in [3.63, 3.8) is 0 Å². The van der Waals surface area contributed by atoms with Crippen LogP contribution in [0.5, 0.6) is 0 Å². The summed E-state index contributed by atoms with van der Waals surface area (Å²) in [5, 5.41) is 13.3. The molecule has 1 heterocycles. The fourth-order valence-electron chi connectivity index (χ4n) is 1.70. The van der Waals surface area contributed by atoms with E-state index < -0.39 is 0 Å². The standard InChI is InChI=1S/C14H15N3/c1-2-11(9-15)10-17-13-6-5-12-4-3-7-16-14(12)8-13/h3-8,11,17H,2,10H2,1H3. The monoisotopic (exact) mass is 225 g/mol. The zero-order chi connectivity index (χ0) is 12.1. The smallest absolute Gasteiger partial charge is 0.0722 e. The Balaban J connectivity index is 2.12. The number of pyridine rings is 1. The first-order chi connectivity index (χ1) is 8.33. The molecule has 0 amide bonds. The van der Waals surface area contributed by atoms with E-state index in [1.807, 2.05) is 37.3 Å². The maximum atomic E-state index is 8.87. The topological polar surface area (TPSA) is 48.7 Å². The van der Waals surface area contributed by atoms with Gasteiger partial charge < -0.3 is 5.32 Å². The predicted octanol–water partition coefficient (Wildman–Crippen LogP) is 3.20. The van der Waals surface area contributed by atoms with Gasteiger partial charge in [-0.25, -0.2) is 0 Å². The molecule has 1 aromatic carbocycles. The van der Waals surface area contributed by atoms with Gasteiger partial charge >= 0.3 is 0 Å². The molecule has 0 bridgehead atoms. The van der Waals surface area contributed by atoms with Gasteiger partial charge in [-0.2, -0.15) is 5.26 Å². The summed E-state index contributed by atoms with van der Waals surface area (Å²) in [6, 6.07) is 12.3. The van der Waals surface area contributed by atoms with Crippen molar-refractivity contribution in [1.29, 1.82) is 5.26 Å². The lowest BCUT2D eigenvalue weighted by Crippen LogP contribution is -2.11. The van der Waals surface area contributed by atoms with Gasteiger partial charge in [0.15, 0.2) is 0 Å². The Morgan fingerprint density at radius 1 is 1.41 bits per heavy atom. The van der Waals surface area contributed by atoms with Crippen LogP contribution in [0.3, 0.4) is 0 Å². The van der Waals surface area contributed by atoms with Crippen LogP contribution in [0.25, 0.3) is 10.9 Å². The number of aromatic nitrogens is 1. The van der Waals surface area contributed by atoms with E-state index in [-0.39, 0.29) is 5.92 Å². The Kier molecular flexibility index (Phi) is 3.56. The number of fused-ring (bicyclic) bond motifs is 1. The van der Waals surface area contributed by atoms with Crippen molar-refractivity contribution in [3.05, 3.63) is 36.5 Å². The molecule has 0 spiro atoms. The van der Waals surface area contributed by atoms with Crippen LogP contribution in [0.2, 0.25) is 0 Å². The fraction of sp³-hybridized carbons (Fsp3) is 0.286. The van der Waals surface area contributed by atoms with Gasteiger partial charge in [0.05, 0.1) is 17.5 Å². The van der Waals surface area contributed by atoms with Crippen molar-refractivity contribution >= 4 is 16.6 Å². The first-order valence-corrected chi connectivity index (χ1v) is 5.81. The molecule has 1 unspecified atom stereocenters. The highest BCUT2D eigenvalue weighted by molar-refractivity contribution is 5.81. The van der Waals surface area contributed by atoms with Gasteiger partial charge in [-0.15, -0.1) is 0 Å². The lowest BCUT2D eigenvalue weighted by Gasteiger charge is -2.09. The number of hydrogen-bond donors (Lipinski definition) is 1. The molecular formula is C14H15N3. The molecule has 17 heavy (non-hydrogen) atoms. The molecule has 86 valence electrons. The molecule has 0 aliphatic heterocycles. The lowest BCUT2D eigenvalue weighted by atomic mass is 10.1. The van der Waals surface area contributed by atoms with Crippen molar-refractivity contribution in [2.45, 2.75) is 13.3 Å². The van der Waals surface area contributed by atoms with E-state index >= 15 is 0 Å². The lowest BCUT2D eigenvalue weighted by molar-refractivity contribution is 0.674. The van der Waals surface area contributed by atoms with Gasteiger partial charge in [0, 0.05) is 23.8 Å². The Morgan fingerprint density at radius 2 is 2.29 bits per heavy atom. The van der Waals surface area contributed by atoms with E-state index in [0.29, 0.717) is 6.54 Å². The Morgan fingerprint density at radius 3 is 3.06 bits per heavy atom. The molecule has 3 nitrogen and oxygen atoms in total. The number of nitrogens with one attached hydrogen (secondary N) is 1. The zero-order valence-corrected chi connectivity index (χ0v) is 9.85. The summed E-state index contributed by atoms with van der Waals surface area (Å²) in [5.74, 6) is 0.0643. The minimum absolute atomic E-state index is 0.0643. The van der Waals surface area contributed by atoms with Crippen molar-refractivity contribution < 1.29 is 0 Å². The normalized spacial score (nSPS) is 12.0. The molecule has 1 aromatic heterocycles. The highest BCUT2D eigenvalue weighted by atomic mass is 14.9. The van der Waals surface area contributed by atoms with Gasteiger partial charge in [-0.3, -0.25) is 4.98 Å². The van der Waals surface area contributed by atoms with Crippen LogP contribution in [-0.4, -0.2) is 11.5 Å². The van der Waals surface area contributed by atoms with E-state index in [2.05, 4.69) is 16.4 Å². The first kappa shape index (κ1) is 11.4. The van der Waals surface area contributed by atoms with Crippen LogP contribution in [-0.2, 0) is 0 Å². The number of benzene rings is 1. The minimum Gasteiger partial charge on any atom is -0.384 e. The third-order valence-corrected chi connectivity index (χ3v) is 2.83. The summed E-state index contributed by atoms with van der Waals surface area (Å²) in [4.78, 5) is 4.30. The third-order valence-electron chi connectivity index (χ3n) is 2.83. The Hall–Kier alpha value is -2.08. The van der Waals surface area contributed by atoms with Crippen molar-refractivity contribution in [3.8, 4) is 6.07 Å². The average Bonchev–Trinajstić information content (AvgIpc) is 2.40. The zero-order valence-electron chi connectivity index (χ0n) is 9.85. The van der Waals surface area contributed by atoms with E-state index in [0.717, 1.165) is 23.0 Å². The predicted molar refractivity (Wildman–Crippen MR) is 69.6 cm³/mol. The van der Waals surface area contributed by atoms with Gasteiger partial charge in [0.2, 0.25) is 0 Å². The van der Waals surface area contributed by atoms with Crippen LogP contribution < -0.4 is 5.32 Å². The molecule has 2 rings (SSSR count). The Labute approximate surface area is 101 Å². The number of nitriles is 1. The van der Waals surface area contributed by atoms with Crippen LogP contribution in [0.1, 0.15) is 13.3 Å². The molecule has 1 atom stereocenters. The molecule has 0 saturated carbocycles. The highest BCUT2D eigenvalue weighted by Crippen LogP contribution is 2.17. The average molecular weight is 225 g/mol. The van der Waals surface area contributed by atoms with Gasteiger partial charge in [0.25, 0.3) is 0 Å². The summed E-state index contributed by atoms with van der Waals surface area (Å²) in [6.45, 7) is 2.71. The summed E-state index contributed by atoms with van der Waals surface area (Å²) < 4.78 is 0. The molecule has 1 N–H and O–H groups in total. The van der Waals surface area contributed by atoms with Crippen molar-refractivity contribution in [2.75, 3.05) is 11.9 Å². The second kappa shape index (κ2) is 5.31. The van der Waals surface area contributed by atoms with E-state index in [1.54, 1.807) is 6.20 Å². The maximum absolute atomic E-state index is 8.87. The number of hydrogen-bond acceptors (Lipinski definition) is 3. The number of anilines is 1. The minimum atomic E-state index is 0.0643. The van der Waals surface area contributed by atoms with Gasteiger partial charge in [-0.1, -0.05) is 19.1 Å². The second-order valence-corrected chi connectivity index (χ2v) is 4.03. The molecule has 0 aliphatic rings. The SMILES string of the molecule is CCC(C#N)CNc1ccc2cccnc2c1. The van der Waals surface area contributed by atoms with E-state index in [1.165, 1.54) is 0 Å². The third kappa shape index (κ3) is 2.73. The maximum Gasteiger partial charge on any atom is 0.0722 e. The summed E-state index contributed by atoms with van der Waals surface area (Å²) in [5.41, 5.74) is 1.99. The quantitative estimate of drug-likeness (QED) is 0.869. The molecule has 3 heteroatoms. The molecule has 0 radical (unpaired) electrons. The Bertz CT molecular complexity index is 542. The largest absolute Gasteiger partial charge is 0.384 e. The van der Waals surface area contributed by atoms with Crippen molar-refractivity contribution in [2.24, 2.45) is 5.92 Å². The van der Waals surface area contributed by atoms with Crippen LogP contribution in [0.4, 0.5) is 5.69 Å². The highest BCUT2D eigenvalue weighted by Gasteiger charge is 2.04. The van der Waals surface area contributed by atoms with E-state index in [9.17, 15) is 0 Å². The van der Waals surface area contributed by atoms with Crippen molar-refractivity contribution in [1.82, 2.24) is 4.98 Å². The summed E-state index contributed by atoms with van der Waals surface area (Å²) in [7, 11) is 0. The summed E-state index contributed by atoms with van der Waals surface area (Å²) >= 11 is 0. The summed E-state index contributed by atoms with van der Waals surface area (Å²) in [6.07, 6.45) is 2.66. The van der Waals surface area contributed by atoms with Gasteiger partial charge in [0.1, 0.15) is 0 Å². The molecule has 0 saturated heterocycles. The van der Waals surface area contributed by atoms with Gasteiger partial charge in [-0.05, 0) is 24.6 Å². The van der Waals surface area contributed by atoms with Crippen LogP contribution in [0.15, 0.2) is 36.5 Å². The van der Waals surface area contributed by atoms with Crippen LogP contribution >= 0.6 is 0 Å². The second-order valence-electron chi connectivity index (χ2n) is 4.03. The fourth-order valence-corrected chi connectivity index (χ4v) is 1.70. The number of nitrogens with zero attached hydrogens (tertiary/aromatic N) is 2. The molecule has 0 fully saturated rings. The van der Waals surface area contributed by atoms with Crippen LogP contribution in [0, 0.1) is 17.2 Å². The van der Waals surface area contributed by atoms with E-state index in [4.69, 9.17) is 5.26 Å².